The van der Waals surface area contributed by atoms with Crippen LogP contribution in [0.5, 0.6) is 0 Å². The zero-order valence-corrected chi connectivity index (χ0v) is 10.3. The summed E-state index contributed by atoms with van der Waals surface area (Å²) in [5, 5.41) is 3.38. The lowest BCUT2D eigenvalue weighted by Crippen LogP contribution is -2.46. The largest absolute Gasteiger partial charge is 0.316 e. The SMILES string of the molecule is CCC(CN1CCCC(C)(C)C1)NC. The Kier molecular flexibility index (Phi) is 4.39. The van der Waals surface area contributed by atoms with Gasteiger partial charge < -0.3 is 10.2 Å². The van der Waals surface area contributed by atoms with Crippen LogP contribution in [0.25, 0.3) is 0 Å². The Morgan fingerprint density at radius 3 is 2.64 bits per heavy atom. The van der Waals surface area contributed by atoms with Gasteiger partial charge in [-0.2, -0.15) is 0 Å². The quantitative estimate of drug-likeness (QED) is 0.744. The van der Waals surface area contributed by atoms with E-state index >= 15 is 0 Å². The van der Waals surface area contributed by atoms with Crippen molar-refractivity contribution in [3.8, 4) is 0 Å². The molecule has 84 valence electrons. The third kappa shape index (κ3) is 3.58. The van der Waals surface area contributed by atoms with Crippen molar-refractivity contribution in [3.05, 3.63) is 0 Å². The molecule has 0 aromatic heterocycles. The third-order valence-corrected chi connectivity index (χ3v) is 3.36. The van der Waals surface area contributed by atoms with E-state index in [2.05, 4.69) is 38.0 Å². The highest BCUT2D eigenvalue weighted by Crippen LogP contribution is 2.28. The Morgan fingerprint density at radius 2 is 2.14 bits per heavy atom. The number of nitrogens with one attached hydrogen (secondary N) is 1. The van der Waals surface area contributed by atoms with Gasteiger partial charge in [0.2, 0.25) is 0 Å². The summed E-state index contributed by atoms with van der Waals surface area (Å²) >= 11 is 0. The molecule has 2 heteroatoms. The standard InChI is InChI=1S/C12H26N2/c1-5-11(13-4)9-14-8-6-7-12(2,3)10-14/h11,13H,5-10H2,1-4H3. The molecular formula is C12H26N2. The number of piperidine rings is 1. The molecule has 1 fully saturated rings. The fourth-order valence-corrected chi connectivity index (χ4v) is 2.44. The van der Waals surface area contributed by atoms with Gasteiger partial charge >= 0.3 is 0 Å². The van der Waals surface area contributed by atoms with Gasteiger partial charge in [0.15, 0.2) is 0 Å². The molecule has 0 aromatic carbocycles. The van der Waals surface area contributed by atoms with Gasteiger partial charge in [-0.05, 0) is 38.3 Å². The summed E-state index contributed by atoms with van der Waals surface area (Å²) in [5.41, 5.74) is 0.532. The normalized spacial score (nSPS) is 24.9. The van der Waals surface area contributed by atoms with Gasteiger partial charge in [0, 0.05) is 19.1 Å². The Hall–Kier alpha value is -0.0800. The Morgan fingerprint density at radius 1 is 1.43 bits per heavy atom. The fraction of sp³-hybridized carbons (Fsp3) is 1.00. The van der Waals surface area contributed by atoms with Crippen LogP contribution >= 0.6 is 0 Å². The molecule has 1 unspecified atom stereocenters. The Balaban J connectivity index is 2.37. The average molecular weight is 198 g/mol. The van der Waals surface area contributed by atoms with Crippen LogP contribution in [-0.2, 0) is 0 Å². The zero-order valence-electron chi connectivity index (χ0n) is 10.3. The first kappa shape index (κ1) is 12.0. The van der Waals surface area contributed by atoms with Crippen molar-refractivity contribution in [3.63, 3.8) is 0 Å². The van der Waals surface area contributed by atoms with Crippen LogP contribution < -0.4 is 5.32 Å². The van der Waals surface area contributed by atoms with Crippen LogP contribution in [0.4, 0.5) is 0 Å². The van der Waals surface area contributed by atoms with E-state index in [1.807, 2.05) is 0 Å². The third-order valence-electron chi connectivity index (χ3n) is 3.36. The lowest BCUT2D eigenvalue weighted by molar-refractivity contribution is 0.108. The molecule has 1 N–H and O–H groups in total. The van der Waals surface area contributed by atoms with Gasteiger partial charge in [-0.1, -0.05) is 20.8 Å². The van der Waals surface area contributed by atoms with Crippen LogP contribution in [0.15, 0.2) is 0 Å². The second-order valence-electron chi connectivity index (χ2n) is 5.40. The summed E-state index contributed by atoms with van der Waals surface area (Å²) < 4.78 is 0. The van der Waals surface area contributed by atoms with E-state index in [0.29, 0.717) is 11.5 Å². The van der Waals surface area contributed by atoms with Crippen LogP contribution in [0.2, 0.25) is 0 Å². The van der Waals surface area contributed by atoms with E-state index in [0.717, 1.165) is 0 Å². The number of likely N-dealkylation sites (N-methyl/N-ethyl adjacent to an activating group) is 1. The molecule has 1 aliphatic rings. The Labute approximate surface area is 89.1 Å². The first-order valence-corrected chi connectivity index (χ1v) is 5.97. The van der Waals surface area contributed by atoms with Crippen molar-refractivity contribution >= 4 is 0 Å². The lowest BCUT2D eigenvalue weighted by atomic mass is 9.84. The molecule has 0 aliphatic carbocycles. The maximum Gasteiger partial charge on any atom is 0.0189 e. The van der Waals surface area contributed by atoms with Gasteiger partial charge in [-0.15, -0.1) is 0 Å². The van der Waals surface area contributed by atoms with Gasteiger partial charge in [-0.25, -0.2) is 0 Å². The molecule has 0 radical (unpaired) electrons. The molecule has 0 amide bonds. The van der Waals surface area contributed by atoms with Crippen LogP contribution in [-0.4, -0.2) is 37.6 Å². The molecular weight excluding hydrogens is 172 g/mol. The zero-order chi connectivity index (χ0) is 10.6. The van der Waals surface area contributed by atoms with Crippen LogP contribution in [0.1, 0.15) is 40.0 Å². The molecule has 0 aromatic rings. The van der Waals surface area contributed by atoms with Gasteiger partial charge in [0.25, 0.3) is 0 Å². The second-order valence-corrected chi connectivity index (χ2v) is 5.40. The number of likely N-dealkylation sites (tertiary alicyclic amines) is 1. The number of rotatable bonds is 4. The van der Waals surface area contributed by atoms with Crippen LogP contribution in [0, 0.1) is 5.41 Å². The van der Waals surface area contributed by atoms with Crippen molar-refractivity contribution in [1.82, 2.24) is 10.2 Å². The first-order valence-electron chi connectivity index (χ1n) is 5.97. The highest BCUT2D eigenvalue weighted by atomic mass is 15.2. The molecule has 1 atom stereocenters. The lowest BCUT2D eigenvalue weighted by Gasteiger charge is -2.39. The minimum atomic E-state index is 0.532. The maximum absolute atomic E-state index is 3.38. The van der Waals surface area contributed by atoms with Crippen molar-refractivity contribution in [1.29, 1.82) is 0 Å². The predicted octanol–water partition coefficient (Wildman–Crippen LogP) is 2.11. The van der Waals surface area contributed by atoms with Crippen LogP contribution in [0.3, 0.4) is 0 Å². The van der Waals surface area contributed by atoms with Crippen molar-refractivity contribution in [2.75, 3.05) is 26.7 Å². The number of nitrogens with zero attached hydrogens (tertiary/aromatic N) is 1. The van der Waals surface area contributed by atoms with Gasteiger partial charge in [-0.3, -0.25) is 0 Å². The fourth-order valence-electron chi connectivity index (χ4n) is 2.44. The smallest absolute Gasteiger partial charge is 0.0189 e. The number of hydrogen-bond donors (Lipinski definition) is 1. The van der Waals surface area contributed by atoms with E-state index in [4.69, 9.17) is 0 Å². The molecule has 1 aliphatic heterocycles. The van der Waals surface area contributed by atoms with Gasteiger partial charge in [0.05, 0.1) is 0 Å². The minimum absolute atomic E-state index is 0.532. The second kappa shape index (κ2) is 5.13. The molecule has 0 bridgehead atoms. The van der Waals surface area contributed by atoms with E-state index in [9.17, 15) is 0 Å². The number of hydrogen-bond acceptors (Lipinski definition) is 2. The van der Waals surface area contributed by atoms with E-state index in [-0.39, 0.29) is 0 Å². The molecule has 0 spiro atoms. The van der Waals surface area contributed by atoms with Crippen molar-refractivity contribution in [2.45, 2.75) is 46.1 Å². The maximum atomic E-state index is 3.38. The van der Waals surface area contributed by atoms with Crippen molar-refractivity contribution < 1.29 is 0 Å². The molecule has 1 saturated heterocycles. The predicted molar refractivity (Wildman–Crippen MR) is 62.6 cm³/mol. The minimum Gasteiger partial charge on any atom is -0.316 e. The topological polar surface area (TPSA) is 15.3 Å². The Bertz CT molecular complexity index is 162. The average Bonchev–Trinajstić information content (AvgIpc) is 2.12. The van der Waals surface area contributed by atoms with Crippen molar-refractivity contribution in [2.24, 2.45) is 5.41 Å². The summed E-state index contributed by atoms with van der Waals surface area (Å²) in [4.78, 5) is 2.62. The molecule has 1 heterocycles. The summed E-state index contributed by atoms with van der Waals surface area (Å²) in [5.74, 6) is 0. The summed E-state index contributed by atoms with van der Waals surface area (Å²) in [6.45, 7) is 10.8. The summed E-state index contributed by atoms with van der Waals surface area (Å²) in [6.07, 6.45) is 3.99. The van der Waals surface area contributed by atoms with E-state index < -0.39 is 0 Å². The highest BCUT2D eigenvalue weighted by Gasteiger charge is 2.26. The molecule has 0 saturated carbocycles. The van der Waals surface area contributed by atoms with E-state index in [1.165, 1.54) is 38.9 Å². The van der Waals surface area contributed by atoms with E-state index in [1.54, 1.807) is 0 Å². The summed E-state index contributed by atoms with van der Waals surface area (Å²) in [7, 11) is 2.07. The first-order chi connectivity index (χ1) is 6.57. The summed E-state index contributed by atoms with van der Waals surface area (Å²) in [6, 6.07) is 0.670. The molecule has 14 heavy (non-hydrogen) atoms. The molecule has 1 rings (SSSR count). The molecule has 2 nitrogen and oxygen atoms in total. The highest BCUT2D eigenvalue weighted by molar-refractivity contribution is 4.81. The monoisotopic (exact) mass is 198 g/mol. The van der Waals surface area contributed by atoms with Gasteiger partial charge in [0.1, 0.15) is 0 Å².